The van der Waals surface area contributed by atoms with E-state index >= 15 is 0 Å². The molecule has 0 aliphatic heterocycles. The van der Waals surface area contributed by atoms with Crippen LogP contribution in [-0.2, 0) is 21.0 Å². The highest BCUT2D eigenvalue weighted by Gasteiger charge is 2.33. The number of rotatable bonds is 5. The Labute approximate surface area is 153 Å². The summed E-state index contributed by atoms with van der Waals surface area (Å²) in [4.78, 5) is 12.1. The van der Waals surface area contributed by atoms with Gasteiger partial charge in [-0.1, -0.05) is 29.8 Å². The standard InChI is InChI=1S/C16H14ClF3N2O3S/c1-10(22-26(24,25)12-5-3-2-4-6-12)15(23)21-11-7-8-14(17)13(9-11)16(18,19)20/h2-10,22H,1H3,(H,21,23)/t10-/m0/s1. The summed E-state index contributed by atoms with van der Waals surface area (Å²) in [6.45, 7) is 1.27. The molecule has 2 aromatic rings. The van der Waals surface area contributed by atoms with Crippen LogP contribution in [0.15, 0.2) is 53.4 Å². The highest BCUT2D eigenvalue weighted by Crippen LogP contribution is 2.36. The SMILES string of the molecule is C[C@H](NS(=O)(=O)c1ccccc1)C(=O)Nc1ccc(Cl)c(C(F)(F)F)c1. The van der Waals surface area contributed by atoms with E-state index in [0.29, 0.717) is 6.07 Å². The molecule has 0 unspecified atom stereocenters. The summed E-state index contributed by atoms with van der Waals surface area (Å²) in [7, 11) is -3.95. The third kappa shape index (κ3) is 4.96. The molecule has 2 aromatic carbocycles. The monoisotopic (exact) mass is 406 g/mol. The molecule has 140 valence electrons. The summed E-state index contributed by atoms with van der Waals surface area (Å²) in [6, 6.07) is 9.02. The van der Waals surface area contributed by atoms with Crippen LogP contribution >= 0.6 is 11.6 Å². The number of benzene rings is 2. The van der Waals surface area contributed by atoms with E-state index in [1.165, 1.54) is 37.3 Å². The van der Waals surface area contributed by atoms with E-state index in [2.05, 4.69) is 10.0 Å². The Hall–Kier alpha value is -2.10. The molecule has 1 amide bonds. The van der Waals surface area contributed by atoms with Gasteiger partial charge in [0.15, 0.2) is 0 Å². The Morgan fingerprint density at radius 2 is 1.73 bits per heavy atom. The van der Waals surface area contributed by atoms with Gasteiger partial charge in [-0.3, -0.25) is 4.79 Å². The van der Waals surface area contributed by atoms with Gasteiger partial charge in [0.2, 0.25) is 15.9 Å². The number of sulfonamides is 1. The Bertz CT molecular complexity index is 903. The van der Waals surface area contributed by atoms with Crippen LogP contribution in [0.5, 0.6) is 0 Å². The maximum atomic E-state index is 12.8. The molecule has 10 heteroatoms. The number of amides is 1. The molecular formula is C16H14ClF3N2O3S. The summed E-state index contributed by atoms with van der Waals surface area (Å²) < 4.78 is 65.0. The zero-order valence-corrected chi connectivity index (χ0v) is 14.9. The van der Waals surface area contributed by atoms with Crippen molar-refractivity contribution in [2.24, 2.45) is 0 Å². The lowest BCUT2D eigenvalue weighted by Gasteiger charge is -2.16. The fourth-order valence-corrected chi connectivity index (χ4v) is 3.47. The second kappa shape index (κ2) is 7.65. The predicted octanol–water partition coefficient (Wildman–Crippen LogP) is 3.66. The second-order valence-corrected chi connectivity index (χ2v) is 7.46. The fourth-order valence-electron chi connectivity index (χ4n) is 2.02. The van der Waals surface area contributed by atoms with E-state index in [0.717, 1.165) is 6.07 Å². The van der Waals surface area contributed by atoms with E-state index < -0.39 is 38.7 Å². The van der Waals surface area contributed by atoms with Crippen LogP contribution in [0.25, 0.3) is 0 Å². The number of alkyl halides is 3. The summed E-state index contributed by atoms with van der Waals surface area (Å²) in [5.41, 5.74) is -1.26. The lowest BCUT2D eigenvalue weighted by atomic mass is 10.2. The first kappa shape index (κ1) is 20.2. The maximum Gasteiger partial charge on any atom is 0.417 e. The van der Waals surface area contributed by atoms with Crippen molar-refractivity contribution in [1.29, 1.82) is 0 Å². The molecule has 0 heterocycles. The maximum absolute atomic E-state index is 12.8. The van der Waals surface area contributed by atoms with E-state index in [9.17, 15) is 26.4 Å². The molecule has 0 spiro atoms. The van der Waals surface area contributed by atoms with Gasteiger partial charge < -0.3 is 5.32 Å². The number of hydrogen-bond donors (Lipinski definition) is 2. The zero-order chi connectivity index (χ0) is 19.5. The largest absolute Gasteiger partial charge is 0.417 e. The smallest absolute Gasteiger partial charge is 0.325 e. The molecule has 0 aliphatic rings. The normalized spacial score (nSPS) is 13.3. The van der Waals surface area contributed by atoms with Gasteiger partial charge in [-0.2, -0.15) is 17.9 Å². The van der Waals surface area contributed by atoms with Gasteiger partial charge in [0, 0.05) is 5.69 Å². The molecule has 2 N–H and O–H groups in total. The van der Waals surface area contributed by atoms with Crippen LogP contribution in [0.1, 0.15) is 12.5 Å². The summed E-state index contributed by atoms with van der Waals surface area (Å²) in [5.74, 6) is -0.819. The van der Waals surface area contributed by atoms with Gasteiger partial charge in [-0.05, 0) is 37.3 Å². The molecule has 2 rings (SSSR count). The lowest BCUT2D eigenvalue weighted by Crippen LogP contribution is -2.41. The van der Waals surface area contributed by atoms with Crippen molar-refractivity contribution in [2.45, 2.75) is 24.0 Å². The van der Waals surface area contributed by atoms with Gasteiger partial charge in [-0.15, -0.1) is 0 Å². The van der Waals surface area contributed by atoms with Crippen LogP contribution in [0.3, 0.4) is 0 Å². The van der Waals surface area contributed by atoms with Crippen molar-refractivity contribution in [2.75, 3.05) is 5.32 Å². The van der Waals surface area contributed by atoms with Crippen LogP contribution < -0.4 is 10.0 Å². The minimum absolute atomic E-state index is 0.0366. The van der Waals surface area contributed by atoms with Crippen molar-refractivity contribution in [1.82, 2.24) is 4.72 Å². The topological polar surface area (TPSA) is 75.3 Å². The Morgan fingerprint density at radius 3 is 2.31 bits per heavy atom. The third-order valence-electron chi connectivity index (χ3n) is 3.32. The van der Waals surface area contributed by atoms with Crippen LogP contribution in [0.2, 0.25) is 5.02 Å². The summed E-state index contributed by atoms with van der Waals surface area (Å²) in [5, 5.41) is 1.72. The first-order chi connectivity index (χ1) is 12.0. The first-order valence-corrected chi connectivity index (χ1v) is 9.12. The van der Waals surface area contributed by atoms with Crippen molar-refractivity contribution in [3.63, 3.8) is 0 Å². The zero-order valence-electron chi connectivity index (χ0n) is 13.3. The molecule has 0 saturated carbocycles. The van der Waals surface area contributed by atoms with Gasteiger partial charge >= 0.3 is 6.18 Å². The first-order valence-electron chi connectivity index (χ1n) is 7.26. The molecule has 5 nitrogen and oxygen atoms in total. The molecular weight excluding hydrogens is 393 g/mol. The Kier molecular flexibility index (Phi) is 5.94. The van der Waals surface area contributed by atoms with Crippen molar-refractivity contribution < 1.29 is 26.4 Å². The highest BCUT2D eigenvalue weighted by atomic mass is 35.5. The number of anilines is 1. The quantitative estimate of drug-likeness (QED) is 0.795. The molecule has 0 aliphatic carbocycles. The predicted molar refractivity (Wildman–Crippen MR) is 91.3 cm³/mol. The Balaban J connectivity index is 2.13. The van der Waals surface area contributed by atoms with Gasteiger partial charge in [0.25, 0.3) is 0 Å². The average molecular weight is 407 g/mol. The van der Waals surface area contributed by atoms with Crippen molar-refractivity contribution >= 4 is 33.2 Å². The molecule has 0 saturated heterocycles. The molecule has 0 bridgehead atoms. The molecule has 0 fully saturated rings. The summed E-state index contributed by atoms with van der Waals surface area (Å²) in [6.07, 6.45) is -4.68. The third-order valence-corrected chi connectivity index (χ3v) is 5.20. The van der Waals surface area contributed by atoms with Crippen molar-refractivity contribution in [3.05, 3.63) is 59.1 Å². The Morgan fingerprint density at radius 1 is 1.12 bits per heavy atom. The fraction of sp³-hybridized carbons (Fsp3) is 0.188. The second-order valence-electron chi connectivity index (χ2n) is 5.34. The lowest BCUT2D eigenvalue weighted by molar-refractivity contribution is -0.137. The number of hydrogen-bond acceptors (Lipinski definition) is 3. The average Bonchev–Trinajstić information content (AvgIpc) is 2.56. The highest BCUT2D eigenvalue weighted by molar-refractivity contribution is 7.89. The molecule has 0 aromatic heterocycles. The number of nitrogens with one attached hydrogen (secondary N) is 2. The molecule has 1 atom stereocenters. The number of carbonyl (C=O) groups excluding carboxylic acids is 1. The van der Waals surface area contributed by atoms with E-state index in [4.69, 9.17) is 11.6 Å². The van der Waals surface area contributed by atoms with Crippen LogP contribution in [0.4, 0.5) is 18.9 Å². The van der Waals surface area contributed by atoms with E-state index in [1.54, 1.807) is 6.07 Å². The molecule has 0 radical (unpaired) electrons. The van der Waals surface area contributed by atoms with Gasteiger partial charge in [0.1, 0.15) is 0 Å². The number of carbonyl (C=O) groups is 1. The number of halogens is 4. The van der Waals surface area contributed by atoms with Crippen molar-refractivity contribution in [3.8, 4) is 0 Å². The minimum atomic E-state index is -4.68. The van der Waals surface area contributed by atoms with Gasteiger partial charge in [-0.25, -0.2) is 8.42 Å². The molecule has 26 heavy (non-hydrogen) atoms. The minimum Gasteiger partial charge on any atom is -0.325 e. The van der Waals surface area contributed by atoms with Crippen LogP contribution in [0, 0.1) is 0 Å². The van der Waals surface area contributed by atoms with E-state index in [1.807, 2.05) is 0 Å². The summed E-state index contributed by atoms with van der Waals surface area (Å²) >= 11 is 5.51. The van der Waals surface area contributed by atoms with Crippen LogP contribution in [-0.4, -0.2) is 20.4 Å². The van der Waals surface area contributed by atoms with Gasteiger partial charge in [0.05, 0.1) is 21.5 Å². The van der Waals surface area contributed by atoms with E-state index in [-0.39, 0.29) is 10.6 Å².